The van der Waals surface area contributed by atoms with Gasteiger partial charge in [0.25, 0.3) is 0 Å². The number of anilines is 1. The lowest BCUT2D eigenvalue weighted by Crippen LogP contribution is -2.39. The molecule has 1 aromatic rings. The van der Waals surface area contributed by atoms with Crippen molar-refractivity contribution < 1.29 is 4.74 Å². The smallest absolute Gasteiger partial charge is 0.225 e. The van der Waals surface area contributed by atoms with E-state index >= 15 is 0 Å². The third kappa shape index (κ3) is 3.99. The molecular weight excluding hydrogens is 216 g/mol. The Hall–Kier alpha value is -0.910. The minimum Gasteiger partial charge on any atom is -0.383 e. The van der Waals surface area contributed by atoms with Crippen molar-refractivity contribution in [1.82, 2.24) is 9.97 Å². The maximum Gasteiger partial charge on any atom is 0.225 e. The van der Waals surface area contributed by atoms with Crippen LogP contribution in [0.2, 0.25) is 5.02 Å². The summed E-state index contributed by atoms with van der Waals surface area (Å²) in [7, 11) is 3.50. The standard InChI is InChI=1S/C9H15ClN4O/c1-14(5-8(11)6-15-2)9-12-3-7(10)4-13-9/h3-4,8H,5-6,11H2,1-2H3. The second-order valence-corrected chi connectivity index (χ2v) is 3.73. The second-order valence-electron chi connectivity index (χ2n) is 3.30. The number of halogens is 1. The molecule has 0 radical (unpaired) electrons. The number of hydrogen-bond donors (Lipinski definition) is 1. The summed E-state index contributed by atoms with van der Waals surface area (Å²) in [6.45, 7) is 1.15. The van der Waals surface area contributed by atoms with Gasteiger partial charge in [0.1, 0.15) is 0 Å². The summed E-state index contributed by atoms with van der Waals surface area (Å²) in [4.78, 5) is 10.0. The quantitative estimate of drug-likeness (QED) is 0.800. The van der Waals surface area contributed by atoms with E-state index in [0.29, 0.717) is 24.1 Å². The molecule has 2 N–H and O–H groups in total. The van der Waals surface area contributed by atoms with E-state index in [0.717, 1.165) is 0 Å². The number of aromatic nitrogens is 2. The average molecular weight is 231 g/mol. The molecule has 0 aromatic carbocycles. The zero-order valence-corrected chi connectivity index (χ0v) is 9.61. The van der Waals surface area contributed by atoms with Crippen molar-refractivity contribution in [3.63, 3.8) is 0 Å². The van der Waals surface area contributed by atoms with Crippen LogP contribution in [0.5, 0.6) is 0 Å². The van der Waals surface area contributed by atoms with Gasteiger partial charge in [-0.1, -0.05) is 11.6 Å². The number of rotatable bonds is 5. The molecule has 0 fully saturated rings. The van der Waals surface area contributed by atoms with Gasteiger partial charge in [0.05, 0.1) is 24.0 Å². The summed E-state index contributed by atoms with van der Waals surface area (Å²) < 4.78 is 4.95. The van der Waals surface area contributed by atoms with Gasteiger partial charge in [-0.15, -0.1) is 0 Å². The van der Waals surface area contributed by atoms with Crippen LogP contribution >= 0.6 is 11.6 Å². The minimum atomic E-state index is -0.0562. The molecule has 1 rings (SSSR count). The van der Waals surface area contributed by atoms with Crippen LogP contribution < -0.4 is 10.6 Å². The third-order valence-electron chi connectivity index (χ3n) is 1.84. The Bertz CT molecular complexity index is 293. The van der Waals surface area contributed by atoms with Crippen LogP contribution in [0.3, 0.4) is 0 Å². The van der Waals surface area contributed by atoms with Crippen molar-refractivity contribution in [2.45, 2.75) is 6.04 Å². The lowest BCUT2D eigenvalue weighted by molar-refractivity contribution is 0.181. The van der Waals surface area contributed by atoms with Crippen molar-refractivity contribution in [3.05, 3.63) is 17.4 Å². The molecule has 15 heavy (non-hydrogen) atoms. The van der Waals surface area contributed by atoms with E-state index in [1.54, 1.807) is 19.5 Å². The minimum absolute atomic E-state index is 0.0562. The fraction of sp³-hybridized carbons (Fsp3) is 0.556. The lowest BCUT2D eigenvalue weighted by atomic mass is 10.3. The fourth-order valence-electron chi connectivity index (χ4n) is 1.20. The highest BCUT2D eigenvalue weighted by molar-refractivity contribution is 6.30. The van der Waals surface area contributed by atoms with Gasteiger partial charge in [0.15, 0.2) is 0 Å². The van der Waals surface area contributed by atoms with Gasteiger partial charge in [0, 0.05) is 26.7 Å². The summed E-state index contributed by atoms with van der Waals surface area (Å²) >= 11 is 5.68. The summed E-state index contributed by atoms with van der Waals surface area (Å²) in [5.74, 6) is 0.603. The summed E-state index contributed by atoms with van der Waals surface area (Å²) in [5.41, 5.74) is 5.80. The fourth-order valence-corrected chi connectivity index (χ4v) is 1.30. The molecule has 0 aliphatic carbocycles. The predicted octanol–water partition coefficient (Wildman–Crippen LogP) is 0.540. The highest BCUT2D eigenvalue weighted by Gasteiger charge is 2.09. The monoisotopic (exact) mass is 230 g/mol. The first-order chi connectivity index (χ1) is 7.13. The van der Waals surface area contributed by atoms with Gasteiger partial charge in [-0.05, 0) is 0 Å². The number of likely N-dealkylation sites (N-methyl/N-ethyl adjacent to an activating group) is 1. The van der Waals surface area contributed by atoms with Gasteiger partial charge in [-0.3, -0.25) is 0 Å². The summed E-state index contributed by atoms with van der Waals surface area (Å²) in [5, 5.41) is 0.522. The summed E-state index contributed by atoms with van der Waals surface area (Å²) in [6.07, 6.45) is 3.12. The molecule has 0 amide bonds. The van der Waals surface area contributed by atoms with E-state index in [1.807, 2.05) is 11.9 Å². The molecule has 1 unspecified atom stereocenters. The molecule has 1 atom stereocenters. The van der Waals surface area contributed by atoms with Gasteiger partial charge in [0.2, 0.25) is 5.95 Å². The molecule has 1 heterocycles. The van der Waals surface area contributed by atoms with E-state index < -0.39 is 0 Å². The molecule has 0 aliphatic heterocycles. The first-order valence-corrected chi connectivity index (χ1v) is 4.94. The number of nitrogens with two attached hydrogens (primary N) is 1. The SMILES string of the molecule is COCC(N)CN(C)c1ncc(Cl)cn1. The molecule has 6 heteroatoms. The van der Waals surface area contributed by atoms with Crippen molar-refractivity contribution in [3.8, 4) is 0 Å². The normalized spacial score (nSPS) is 12.5. The van der Waals surface area contributed by atoms with Crippen LogP contribution in [-0.2, 0) is 4.74 Å². The first kappa shape index (κ1) is 12.2. The molecule has 84 valence electrons. The Balaban J connectivity index is 2.53. The van der Waals surface area contributed by atoms with Crippen LogP contribution in [0, 0.1) is 0 Å². The Labute approximate surface area is 94.2 Å². The van der Waals surface area contributed by atoms with Crippen molar-refractivity contribution in [2.75, 3.05) is 32.2 Å². The first-order valence-electron chi connectivity index (χ1n) is 4.56. The number of ether oxygens (including phenoxy) is 1. The van der Waals surface area contributed by atoms with Crippen molar-refractivity contribution in [2.24, 2.45) is 5.73 Å². The largest absolute Gasteiger partial charge is 0.383 e. The lowest BCUT2D eigenvalue weighted by Gasteiger charge is -2.20. The molecule has 0 bridgehead atoms. The van der Waals surface area contributed by atoms with Crippen LogP contribution in [-0.4, -0.2) is 43.3 Å². The van der Waals surface area contributed by atoms with Gasteiger partial charge < -0.3 is 15.4 Å². The predicted molar refractivity (Wildman–Crippen MR) is 60.2 cm³/mol. The van der Waals surface area contributed by atoms with Crippen LogP contribution in [0.25, 0.3) is 0 Å². The molecule has 5 nitrogen and oxygen atoms in total. The molecule has 0 saturated heterocycles. The Kier molecular flexibility index (Phi) is 4.74. The van der Waals surface area contributed by atoms with Crippen LogP contribution in [0.15, 0.2) is 12.4 Å². The second kappa shape index (κ2) is 5.85. The van der Waals surface area contributed by atoms with E-state index in [1.165, 1.54) is 0 Å². The van der Waals surface area contributed by atoms with Gasteiger partial charge in [-0.25, -0.2) is 9.97 Å². The zero-order chi connectivity index (χ0) is 11.3. The van der Waals surface area contributed by atoms with Crippen molar-refractivity contribution >= 4 is 17.5 Å². The zero-order valence-electron chi connectivity index (χ0n) is 8.85. The van der Waals surface area contributed by atoms with Crippen LogP contribution in [0.1, 0.15) is 0 Å². The molecule has 0 saturated carbocycles. The summed E-state index contributed by atoms with van der Waals surface area (Å²) in [6, 6.07) is -0.0562. The van der Waals surface area contributed by atoms with Gasteiger partial charge >= 0.3 is 0 Å². The Morgan fingerprint density at radius 2 is 2.13 bits per heavy atom. The molecule has 0 spiro atoms. The topological polar surface area (TPSA) is 64.3 Å². The van der Waals surface area contributed by atoms with Gasteiger partial charge in [-0.2, -0.15) is 0 Å². The van der Waals surface area contributed by atoms with E-state index in [9.17, 15) is 0 Å². The molecule has 1 aromatic heterocycles. The Morgan fingerprint density at radius 1 is 1.53 bits per heavy atom. The van der Waals surface area contributed by atoms with E-state index in [2.05, 4.69) is 9.97 Å². The number of nitrogens with zero attached hydrogens (tertiary/aromatic N) is 3. The number of hydrogen-bond acceptors (Lipinski definition) is 5. The maximum absolute atomic E-state index is 5.80. The highest BCUT2D eigenvalue weighted by atomic mass is 35.5. The molecular formula is C9H15ClN4O. The van der Waals surface area contributed by atoms with Crippen LogP contribution in [0.4, 0.5) is 5.95 Å². The average Bonchev–Trinajstić information content (AvgIpc) is 2.18. The highest BCUT2D eigenvalue weighted by Crippen LogP contribution is 2.08. The van der Waals surface area contributed by atoms with E-state index in [4.69, 9.17) is 22.1 Å². The molecule has 0 aliphatic rings. The van der Waals surface area contributed by atoms with Crippen molar-refractivity contribution in [1.29, 1.82) is 0 Å². The Morgan fingerprint density at radius 3 is 2.67 bits per heavy atom. The van der Waals surface area contributed by atoms with E-state index in [-0.39, 0.29) is 6.04 Å². The number of methoxy groups -OCH3 is 1. The maximum atomic E-state index is 5.80. The third-order valence-corrected chi connectivity index (χ3v) is 2.03.